The largest absolute Gasteiger partial charge is 0.417 e. The van der Waals surface area contributed by atoms with E-state index in [9.17, 15) is 13.2 Å². The minimum atomic E-state index is -4.42. The van der Waals surface area contributed by atoms with Gasteiger partial charge in [-0.3, -0.25) is 9.08 Å². The van der Waals surface area contributed by atoms with Gasteiger partial charge in [-0.15, -0.1) is 0 Å². The van der Waals surface area contributed by atoms with Crippen molar-refractivity contribution in [3.05, 3.63) is 60.3 Å². The van der Waals surface area contributed by atoms with Crippen LogP contribution in [0.15, 0.2) is 49.1 Å². The number of imidazole rings is 1. The Morgan fingerprint density at radius 3 is 2.44 bits per heavy atom. The fourth-order valence-corrected chi connectivity index (χ4v) is 3.28. The summed E-state index contributed by atoms with van der Waals surface area (Å²) in [6.07, 6.45) is 1.66. The first-order valence-electron chi connectivity index (χ1n) is 9.98. The van der Waals surface area contributed by atoms with E-state index in [0.717, 1.165) is 18.0 Å². The van der Waals surface area contributed by atoms with Crippen LogP contribution in [0.25, 0.3) is 17.0 Å². The average Bonchev–Trinajstić information content (AvgIpc) is 3.39. The summed E-state index contributed by atoms with van der Waals surface area (Å²) in [5.74, 6) is 0.530. The fourth-order valence-electron chi connectivity index (χ4n) is 3.28. The number of hydrogen-bond donors (Lipinski definition) is 0. The second-order valence-corrected chi connectivity index (χ2v) is 7.26. The number of pyridine rings is 1. The van der Waals surface area contributed by atoms with Gasteiger partial charge >= 0.3 is 6.18 Å². The van der Waals surface area contributed by atoms with Crippen molar-refractivity contribution in [1.29, 1.82) is 0 Å². The Hall–Kier alpha value is -3.47. The zero-order valence-electron chi connectivity index (χ0n) is 17.6. The number of morpholine rings is 1. The van der Waals surface area contributed by atoms with Gasteiger partial charge in [-0.05, 0) is 31.2 Å². The van der Waals surface area contributed by atoms with Crippen LogP contribution >= 0.6 is 0 Å². The lowest BCUT2D eigenvalue weighted by Crippen LogP contribution is -2.37. The third kappa shape index (κ3) is 4.88. The molecule has 1 saturated heterocycles. The van der Waals surface area contributed by atoms with Crippen LogP contribution in [0, 0.1) is 6.92 Å². The Kier molecular flexibility index (Phi) is 6.08. The molecule has 1 aliphatic rings. The smallest absolute Gasteiger partial charge is 0.378 e. The van der Waals surface area contributed by atoms with Crippen LogP contribution in [-0.2, 0) is 18.0 Å². The molecule has 1 fully saturated rings. The van der Waals surface area contributed by atoms with E-state index in [-0.39, 0.29) is 0 Å². The summed E-state index contributed by atoms with van der Waals surface area (Å²) in [6.45, 7) is 4.51. The van der Waals surface area contributed by atoms with E-state index in [4.69, 9.17) is 4.74 Å². The molecule has 0 radical (unpaired) electrons. The lowest BCUT2D eigenvalue weighted by molar-refractivity contribution is -0.137. The van der Waals surface area contributed by atoms with Crippen molar-refractivity contribution < 1.29 is 17.9 Å². The lowest BCUT2D eigenvalue weighted by atomic mass is 10.2. The van der Waals surface area contributed by atoms with Gasteiger partial charge in [-0.1, -0.05) is 0 Å². The second-order valence-electron chi connectivity index (χ2n) is 7.26. The van der Waals surface area contributed by atoms with Gasteiger partial charge < -0.3 is 9.64 Å². The fraction of sp³-hybridized carbons (Fsp3) is 0.333. The van der Waals surface area contributed by atoms with E-state index >= 15 is 0 Å². The molecule has 5 heterocycles. The molecule has 0 amide bonds. The predicted molar refractivity (Wildman–Crippen MR) is 112 cm³/mol. The Balaban J connectivity index is 0.000000300. The number of aryl methyl sites for hydroxylation is 2. The van der Waals surface area contributed by atoms with Crippen molar-refractivity contribution in [3.8, 4) is 11.4 Å². The number of rotatable bonds is 2. The normalized spacial score (nSPS) is 14.3. The van der Waals surface area contributed by atoms with E-state index in [1.54, 1.807) is 16.9 Å². The number of fused-ring (bicyclic) bond motifs is 1. The van der Waals surface area contributed by atoms with Gasteiger partial charge in [-0.2, -0.15) is 18.3 Å². The molecule has 5 rings (SSSR count). The van der Waals surface area contributed by atoms with Crippen LogP contribution in [-0.4, -0.2) is 55.4 Å². The highest BCUT2D eigenvalue weighted by Gasteiger charge is 2.31. The monoisotopic (exact) mass is 445 g/mol. The molecule has 4 aromatic rings. The number of hydrogen-bond acceptors (Lipinski definition) is 6. The van der Waals surface area contributed by atoms with E-state index in [1.165, 1.54) is 16.7 Å². The molecule has 168 valence electrons. The van der Waals surface area contributed by atoms with Gasteiger partial charge in [0, 0.05) is 38.7 Å². The first-order chi connectivity index (χ1) is 15.3. The second kappa shape index (κ2) is 8.95. The molecule has 0 spiro atoms. The minimum Gasteiger partial charge on any atom is -0.378 e. The number of aromatic nitrogens is 6. The van der Waals surface area contributed by atoms with E-state index in [1.807, 2.05) is 31.1 Å². The van der Waals surface area contributed by atoms with Crippen molar-refractivity contribution >= 4 is 11.6 Å². The predicted octanol–water partition coefficient (Wildman–Crippen LogP) is 3.38. The molecular formula is C21H22F3N7O. The summed E-state index contributed by atoms with van der Waals surface area (Å²) in [5, 5.41) is 4.03. The van der Waals surface area contributed by atoms with Crippen LogP contribution < -0.4 is 4.90 Å². The van der Waals surface area contributed by atoms with Gasteiger partial charge in [0.15, 0.2) is 0 Å². The number of alkyl halides is 3. The summed E-state index contributed by atoms with van der Waals surface area (Å²) < 4.78 is 47.4. The lowest BCUT2D eigenvalue weighted by Gasteiger charge is -2.26. The highest BCUT2D eigenvalue weighted by Crippen LogP contribution is 2.30. The molecule has 0 aliphatic carbocycles. The SMILES string of the molecule is Cc1ccn(C)n1.FC(F)(F)c1ccc2ncc(-c3ccnc(N4CCOCC4)n3)n2c1. The molecule has 32 heavy (non-hydrogen) atoms. The average molecular weight is 445 g/mol. The quantitative estimate of drug-likeness (QED) is 0.471. The van der Waals surface area contributed by atoms with Gasteiger partial charge in [0.1, 0.15) is 5.65 Å². The highest BCUT2D eigenvalue weighted by atomic mass is 19.4. The zero-order valence-corrected chi connectivity index (χ0v) is 17.6. The van der Waals surface area contributed by atoms with Crippen molar-refractivity contribution in [2.75, 3.05) is 31.2 Å². The molecular weight excluding hydrogens is 423 g/mol. The van der Waals surface area contributed by atoms with Crippen molar-refractivity contribution in [2.45, 2.75) is 13.1 Å². The molecule has 4 aromatic heterocycles. The highest BCUT2D eigenvalue weighted by molar-refractivity contribution is 5.61. The van der Waals surface area contributed by atoms with Crippen LogP contribution in [0.5, 0.6) is 0 Å². The third-order valence-corrected chi connectivity index (χ3v) is 4.88. The maximum Gasteiger partial charge on any atom is 0.417 e. The maximum absolute atomic E-state index is 13.0. The molecule has 0 unspecified atom stereocenters. The van der Waals surface area contributed by atoms with Crippen LogP contribution in [0.2, 0.25) is 0 Å². The molecule has 11 heteroatoms. The molecule has 0 N–H and O–H groups in total. The Labute approximate surface area is 182 Å². The number of ether oxygens (including phenoxy) is 1. The molecule has 1 aliphatic heterocycles. The first kappa shape index (κ1) is 21.8. The van der Waals surface area contributed by atoms with Crippen molar-refractivity contribution in [2.24, 2.45) is 7.05 Å². The van der Waals surface area contributed by atoms with Crippen LogP contribution in [0.3, 0.4) is 0 Å². The molecule has 0 saturated carbocycles. The van der Waals surface area contributed by atoms with E-state index in [0.29, 0.717) is 49.3 Å². The van der Waals surface area contributed by atoms with Crippen molar-refractivity contribution in [1.82, 2.24) is 29.1 Å². The van der Waals surface area contributed by atoms with Crippen molar-refractivity contribution in [3.63, 3.8) is 0 Å². The topological polar surface area (TPSA) is 73.4 Å². The zero-order chi connectivity index (χ0) is 22.7. The Bertz CT molecular complexity index is 1180. The summed E-state index contributed by atoms with van der Waals surface area (Å²) in [5.41, 5.74) is 1.76. The summed E-state index contributed by atoms with van der Waals surface area (Å²) in [6, 6.07) is 6.00. The summed E-state index contributed by atoms with van der Waals surface area (Å²) in [4.78, 5) is 14.9. The molecule has 0 aromatic carbocycles. The van der Waals surface area contributed by atoms with E-state index in [2.05, 4.69) is 20.1 Å². The van der Waals surface area contributed by atoms with Gasteiger partial charge in [0.05, 0.1) is 42.1 Å². The molecule has 0 bridgehead atoms. The standard InChI is InChI=1S/C16H14F3N5O.C5H8N2/c17-16(18,19)11-1-2-14-21-9-13(24(14)10-11)12-3-4-20-15(22-12)23-5-7-25-8-6-23;1-5-3-4-7(2)6-5/h1-4,9-10H,5-8H2;3-4H,1-2H3. The summed E-state index contributed by atoms with van der Waals surface area (Å²) in [7, 11) is 1.91. The first-order valence-corrected chi connectivity index (χ1v) is 9.98. The number of halogens is 3. The van der Waals surface area contributed by atoms with Crippen LogP contribution in [0.4, 0.5) is 19.1 Å². The Morgan fingerprint density at radius 2 is 1.81 bits per heavy atom. The van der Waals surface area contributed by atoms with Gasteiger partial charge in [0.25, 0.3) is 0 Å². The molecule has 8 nitrogen and oxygen atoms in total. The molecule has 0 atom stereocenters. The van der Waals surface area contributed by atoms with E-state index < -0.39 is 11.7 Å². The van der Waals surface area contributed by atoms with Gasteiger partial charge in [-0.25, -0.2) is 15.0 Å². The Morgan fingerprint density at radius 1 is 1.03 bits per heavy atom. The number of nitrogens with zero attached hydrogens (tertiary/aromatic N) is 7. The number of anilines is 1. The summed E-state index contributed by atoms with van der Waals surface area (Å²) >= 11 is 0. The van der Waals surface area contributed by atoms with Crippen LogP contribution in [0.1, 0.15) is 11.3 Å². The minimum absolute atomic E-state index is 0.425. The maximum atomic E-state index is 13.0. The van der Waals surface area contributed by atoms with Gasteiger partial charge in [0.2, 0.25) is 5.95 Å². The third-order valence-electron chi connectivity index (χ3n) is 4.88.